The molecule has 2 aromatic rings. The largest absolute Gasteiger partial charge is 0.506 e. The number of phenols is 1. The molecule has 2 rings (SSSR count). The fraction of sp³-hybridized carbons (Fsp3) is 0.200. The van der Waals surface area contributed by atoms with E-state index in [1.165, 1.54) is 5.56 Å². The van der Waals surface area contributed by atoms with Crippen LogP contribution in [-0.4, -0.2) is 5.11 Å². The lowest BCUT2D eigenvalue weighted by Gasteiger charge is -1.98. The van der Waals surface area contributed by atoms with Crippen LogP contribution in [0.2, 0.25) is 0 Å². The van der Waals surface area contributed by atoms with Crippen LogP contribution in [0.15, 0.2) is 22.4 Å². The first kappa shape index (κ1) is 8.91. The number of aryl methyl sites for hydroxylation is 1. The van der Waals surface area contributed by atoms with Gasteiger partial charge >= 0.3 is 0 Å². The summed E-state index contributed by atoms with van der Waals surface area (Å²) in [5.74, 6) is 0.340. The second kappa shape index (κ2) is 3.24. The molecule has 0 saturated heterocycles. The molecule has 0 aliphatic rings. The molecule has 13 heavy (non-hydrogen) atoms. The van der Waals surface area contributed by atoms with Crippen molar-refractivity contribution in [1.29, 1.82) is 0 Å². The van der Waals surface area contributed by atoms with Crippen molar-refractivity contribution in [1.82, 2.24) is 0 Å². The number of benzene rings is 1. The monoisotopic (exact) mass is 210 g/mol. The summed E-state index contributed by atoms with van der Waals surface area (Å²) < 4.78 is 0.967. The quantitative estimate of drug-likeness (QED) is 0.691. The standard InChI is InChI=1S/C10H10OS2/c1-2-6-5-13-10-8(6)3-7(12)4-9(10)11/h3-5,11-12H,2H2,1H3. The molecule has 0 aliphatic heterocycles. The molecular formula is C10H10OS2. The van der Waals surface area contributed by atoms with E-state index in [4.69, 9.17) is 0 Å². The minimum absolute atomic E-state index is 0.340. The van der Waals surface area contributed by atoms with Crippen LogP contribution in [0.3, 0.4) is 0 Å². The van der Waals surface area contributed by atoms with Crippen molar-refractivity contribution in [3.8, 4) is 5.75 Å². The number of fused-ring (bicyclic) bond motifs is 1. The summed E-state index contributed by atoms with van der Waals surface area (Å²) >= 11 is 5.83. The zero-order chi connectivity index (χ0) is 9.42. The molecule has 0 amide bonds. The van der Waals surface area contributed by atoms with E-state index in [9.17, 15) is 5.11 Å². The minimum Gasteiger partial charge on any atom is -0.506 e. The zero-order valence-corrected chi connectivity index (χ0v) is 8.95. The summed E-state index contributed by atoms with van der Waals surface area (Å²) in [6.07, 6.45) is 0.997. The van der Waals surface area contributed by atoms with E-state index in [0.29, 0.717) is 5.75 Å². The van der Waals surface area contributed by atoms with Crippen LogP contribution in [0.25, 0.3) is 10.1 Å². The van der Waals surface area contributed by atoms with Gasteiger partial charge in [0.05, 0.1) is 4.70 Å². The summed E-state index contributed by atoms with van der Waals surface area (Å²) in [6, 6.07) is 3.69. The molecule has 1 aromatic heterocycles. The first-order chi connectivity index (χ1) is 6.22. The Bertz CT molecular complexity index is 445. The molecule has 0 bridgehead atoms. The van der Waals surface area contributed by atoms with E-state index in [-0.39, 0.29) is 0 Å². The molecule has 1 nitrogen and oxygen atoms in total. The summed E-state index contributed by atoms with van der Waals surface area (Å²) in [6.45, 7) is 2.11. The Kier molecular flexibility index (Phi) is 2.22. The third-order valence-electron chi connectivity index (χ3n) is 2.10. The van der Waals surface area contributed by atoms with E-state index in [2.05, 4.69) is 24.9 Å². The summed E-state index contributed by atoms with van der Waals surface area (Å²) in [7, 11) is 0. The second-order valence-corrected chi connectivity index (χ2v) is 4.35. The Morgan fingerprint density at radius 1 is 1.46 bits per heavy atom. The Labute approximate surface area is 86.4 Å². The molecule has 3 heteroatoms. The van der Waals surface area contributed by atoms with Crippen LogP contribution in [0.5, 0.6) is 5.75 Å². The van der Waals surface area contributed by atoms with E-state index < -0.39 is 0 Å². The molecule has 0 aliphatic carbocycles. The van der Waals surface area contributed by atoms with Gasteiger partial charge in [0.15, 0.2) is 0 Å². The summed E-state index contributed by atoms with van der Waals surface area (Å²) in [5, 5.41) is 12.9. The van der Waals surface area contributed by atoms with E-state index in [1.807, 2.05) is 6.07 Å². The number of hydrogen-bond donors (Lipinski definition) is 2. The fourth-order valence-corrected chi connectivity index (χ4v) is 2.73. The number of hydrogen-bond acceptors (Lipinski definition) is 3. The smallest absolute Gasteiger partial charge is 0.134 e. The summed E-state index contributed by atoms with van der Waals surface area (Å²) in [4.78, 5) is 0.818. The normalized spacial score (nSPS) is 10.9. The van der Waals surface area contributed by atoms with Gasteiger partial charge in [0, 0.05) is 10.3 Å². The van der Waals surface area contributed by atoms with Gasteiger partial charge in [0.2, 0.25) is 0 Å². The van der Waals surface area contributed by atoms with Gasteiger partial charge in [-0.3, -0.25) is 0 Å². The Morgan fingerprint density at radius 3 is 2.92 bits per heavy atom. The molecule has 1 aromatic carbocycles. The van der Waals surface area contributed by atoms with Crippen molar-refractivity contribution in [2.45, 2.75) is 18.2 Å². The number of aromatic hydroxyl groups is 1. The van der Waals surface area contributed by atoms with Gasteiger partial charge in [0.1, 0.15) is 5.75 Å². The van der Waals surface area contributed by atoms with Gasteiger partial charge in [-0.25, -0.2) is 0 Å². The Balaban J connectivity index is 2.82. The first-order valence-electron chi connectivity index (χ1n) is 4.14. The van der Waals surface area contributed by atoms with Gasteiger partial charge in [0.25, 0.3) is 0 Å². The minimum atomic E-state index is 0.340. The predicted molar refractivity (Wildman–Crippen MR) is 60.1 cm³/mol. The molecule has 0 saturated carbocycles. The van der Waals surface area contributed by atoms with Crippen molar-refractivity contribution in [3.63, 3.8) is 0 Å². The second-order valence-electron chi connectivity index (χ2n) is 2.96. The predicted octanol–water partition coefficient (Wildman–Crippen LogP) is 3.46. The number of rotatable bonds is 1. The highest BCUT2D eigenvalue weighted by Gasteiger charge is 2.06. The van der Waals surface area contributed by atoms with Gasteiger partial charge < -0.3 is 5.11 Å². The number of thiophene rings is 1. The molecule has 68 valence electrons. The van der Waals surface area contributed by atoms with Crippen LogP contribution in [0, 0.1) is 0 Å². The Hall–Kier alpha value is -0.670. The lowest BCUT2D eigenvalue weighted by molar-refractivity contribution is 0.481. The molecule has 1 heterocycles. The highest BCUT2D eigenvalue weighted by atomic mass is 32.1. The molecule has 0 fully saturated rings. The Morgan fingerprint density at radius 2 is 2.23 bits per heavy atom. The van der Waals surface area contributed by atoms with E-state index in [0.717, 1.165) is 21.4 Å². The summed E-state index contributed by atoms with van der Waals surface area (Å²) in [5.41, 5.74) is 1.28. The third-order valence-corrected chi connectivity index (χ3v) is 3.43. The molecule has 0 radical (unpaired) electrons. The van der Waals surface area contributed by atoms with Gasteiger partial charge in [-0.2, -0.15) is 0 Å². The molecule has 1 N–H and O–H groups in total. The van der Waals surface area contributed by atoms with Gasteiger partial charge in [-0.05, 0) is 29.5 Å². The highest BCUT2D eigenvalue weighted by molar-refractivity contribution is 7.80. The van der Waals surface area contributed by atoms with Crippen LogP contribution in [-0.2, 0) is 6.42 Å². The maximum absolute atomic E-state index is 9.62. The van der Waals surface area contributed by atoms with Crippen molar-refractivity contribution in [3.05, 3.63) is 23.1 Å². The average molecular weight is 210 g/mol. The van der Waals surface area contributed by atoms with Crippen LogP contribution < -0.4 is 0 Å². The van der Waals surface area contributed by atoms with Crippen molar-refractivity contribution in [2.24, 2.45) is 0 Å². The van der Waals surface area contributed by atoms with Gasteiger partial charge in [-0.15, -0.1) is 24.0 Å². The van der Waals surface area contributed by atoms with Crippen molar-refractivity contribution >= 4 is 34.1 Å². The average Bonchev–Trinajstić information content (AvgIpc) is 2.47. The topological polar surface area (TPSA) is 20.2 Å². The zero-order valence-electron chi connectivity index (χ0n) is 7.24. The van der Waals surface area contributed by atoms with Crippen molar-refractivity contribution in [2.75, 3.05) is 0 Å². The van der Waals surface area contributed by atoms with Crippen LogP contribution in [0.1, 0.15) is 12.5 Å². The number of phenolic OH excluding ortho intramolecular Hbond substituents is 1. The van der Waals surface area contributed by atoms with E-state index in [1.54, 1.807) is 17.4 Å². The molecule has 0 unspecified atom stereocenters. The molecule has 0 spiro atoms. The van der Waals surface area contributed by atoms with Crippen molar-refractivity contribution < 1.29 is 5.11 Å². The third kappa shape index (κ3) is 1.42. The maximum atomic E-state index is 9.62. The SMILES string of the molecule is CCc1csc2c(O)cc(S)cc12. The molecular weight excluding hydrogens is 200 g/mol. The first-order valence-corrected chi connectivity index (χ1v) is 5.47. The lowest BCUT2D eigenvalue weighted by Crippen LogP contribution is -1.76. The van der Waals surface area contributed by atoms with E-state index >= 15 is 0 Å². The lowest BCUT2D eigenvalue weighted by atomic mass is 10.1. The number of thiol groups is 1. The molecule has 0 atom stereocenters. The van der Waals surface area contributed by atoms with Gasteiger partial charge in [-0.1, -0.05) is 6.92 Å². The highest BCUT2D eigenvalue weighted by Crippen LogP contribution is 2.35. The van der Waals surface area contributed by atoms with Crippen LogP contribution >= 0.6 is 24.0 Å². The fourth-order valence-electron chi connectivity index (χ4n) is 1.43. The van der Waals surface area contributed by atoms with Crippen LogP contribution in [0.4, 0.5) is 0 Å². The maximum Gasteiger partial charge on any atom is 0.134 e.